The molecule has 0 spiro atoms. The van der Waals surface area contributed by atoms with Gasteiger partial charge in [-0.25, -0.2) is 0 Å². The molecule has 1 aliphatic carbocycles. The predicted octanol–water partition coefficient (Wildman–Crippen LogP) is 11.5. The smallest absolute Gasteiger partial charge is 0.297 e. The van der Waals surface area contributed by atoms with Gasteiger partial charge in [-0.15, -0.1) is 0 Å². The first-order valence-electron chi connectivity index (χ1n) is 19.2. The first-order chi connectivity index (χ1) is 25.5. The van der Waals surface area contributed by atoms with E-state index in [-0.39, 0.29) is 17.5 Å². The Kier molecular flexibility index (Phi) is 6.84. The lowest BCUT2D eigenvalue weighted by Gasteiger charge is -2.44. The van der Waals surface area contributed by atoms with Crippen molar-refractivity contribution in [3.63, 3.8) is 0 Å². The number of anilines is 6. The second-order valence-electron chi connectivity index (χ2n) is 17.0. The molecule has 260 valence electrons. The van der Waals surface area contributed by atoms with Crippen LogP contribution in [0.1, 0.15) is 68.6 Å². The third kappa shape index (κ3) is 4.67. The van der Waals surface area contributed by atoms with Gasteiger partial charge in [0.1, 0.15) is 5.76 Å². The Morgan fingerprint density at radius 2 is 1.21 bits per heavy atom. The molecular formula is C49H45BN2O. The molecule has 2 aliphatic heterocycles. The first kappa shape index (κ1) is 32.2. The second kappa shape index (κ2) is 11.3. The van der Waals surface area contributed by atoms with Crippen molar-refractivity contribution < 1.29 is 4.42 Å². The number of rotatable bonds is 3. The summed E-state index contributed by atoms with van der Waals surface area (Å²) < 4.78 is 7.51. The molecule has 6 aromatic carbocycles. The molecule has 0 saturated carbocycles. The fourth-order valence-electron chi connectivity index (χ4n) is 9.61. The van der Waals surface area contributed by atoms with Crippen LogP contribution in [0.15, 0.2) is 126 Å². The van der Waals surface area contributed by atoms with E-state index < -0.39 is 0 Å². The zero-order valence-electron chi connectivity index (χ0n) is 31.8. The number of nitrogens with zero attached hydrogens (tertiary/aromatic N) is 2. The summed E-state index contributed by atoms with van der Waals surface area (Å²) in [6.07, 6.45) is 2.20. The standard InChI is InChI=1S/C49H45BN2O/c1-30-17-20-34(21-18-30)51-40-23-19-31(2)27-38(40)50-44-41(51)28-32(3)29-42(44)52(45-43-46(53-47(45)50)49(6,7)26-25-48(43,4)5)39-24-22-35(33-13-9-8-10-14-33)36-15-11-12-16-37(36)39/h8-24,27-29H,25-26H2,1-7H3. The third-order valence-corrected chi connectivity index (χ3v) is 12.4. The Bertz CT molecular complexity index is 2610. The predicted molar refractivity (Wildman–Crippen MR) is 225 cm³/mol. The van der Waals surface area contributed by atoms with Crippen LogP contribution in [0, 0.1) is 20.8 Å². The van der Waals surface area contributed by atoms with Crippen molar-refractivity contribution in [1.29, 1.82) is 0 Å². The van der Waals surface area contributed by atoms with E-state index in [2.05, 4.69) is 180 Å². The molecule has 53 heavy (non-hydrogen) atoms. The number of hydrogen-bond acceptors (Lipinski definition) is 3. The zero-order chi connectivity index (χ0) is 36.4. The van der Waals surface area contributed by atoms with E-state index in [4.69, 9.17) is 4.42 Å². The molecule has 0 fully saturated rings. The van der Waals surface area contributed by atoms with Crippen molar-refractivity contribution in [2.24, 2.45) is 0 Å². The molecule has 3 aliphatic rings. The van der Waals surface area contributed by atoms with Gasteiger partial charge < -0.3 is 14.2 Å². The molecular weight excluding hydrogens is 643 g/mol. The van der Waals surface area contributed by atoms with Crippen molar-refractivity contribution in [1.82, 2.24) is 0 Å². The second-order valence-corrected chi connectivity index (χ2v) is 17.0. The summed E-state index contributed by atoms with van der Waals surface area (Å²) in [6, 6.07) is 45.3. The lowest BCUT2D eigenvalue weighted by Crippen LogP contribution is -2.61. The summed E-state index contributed by atoms with van der Waals surface area (Å²) in [7, 11) is 0. The van der Waals surface area contributed by atoms with Gasteiger partial charge in [-0.3, -0.25) is 0 Å². The Morgan fingerprint density at radius 1 is 0.566 bits per heavy atom. The average Bonchev–Trinajstić information content (AvgIpc) is 3.57. The van der Waals surface area contributed by atoms with Crippen molar-refractivity contribution >= 4 is 68.2 Å². The lowest BCUT2D eigenvalue weighted by atomic mass is 9.35. The number of hydrogen-bond donors (Lipinski definition) is 0. The highest BCUT2D eigenvalue weighted by atomic mass is 16.3. The normalized spacial score (nSPS) is 16.2. The Labute approximate surface area is 314 Å². The summed E-state index contributed by atoms with van der Waals surface area (Å²) in [6.45, 7) is 16.2. The molecule has 7 aromatic rings. The van der Waals surface area contributed by atoms with Crippen LogP contribution in [0.5, 0.6) is 0 Å². The fraction of sp³-hybridized carbons (Fsp3) is 0.224. The molecule has 0 atom stereocenters. The minimum atomic E-state index is -0.0872. The van der Waals surface area contributed by atoms with Crippen molar-refractivity contribution in [2.75, 3.05) is 9.80 Å². The molecule has 0 radical (unpaired) electrons. The van der Waals surface area contributed by atoms with Gasteiger partial charge in [-0.2, -0.15) is 0 Å². The van der Waals surface area contributed by atoms with Gasteiger partial charge in [0.15, 0.2) is 0 Å². The SMILES string of the molecule is Cc1ccc(N2c3ccc(C)cc3B3c4oc5c(c4N(c4ccc(-c6ccccc6)c6ccccc46)c4cc(C)cc2c43)C(C)(C)CCC5(C)C)cc1. The van der Waals surface area contributed by atoms with Gasteiger partial charge in [-0.05, 0) is 108 Å². The van der Waals surface area contributed by atoms with Crippen LogP contribution in [0.2, 0.25) is 0 Å². The van der Waals surface area contributed by atoms with Crippen LogP contribution in [0.3, 0.4) is 0 Å². The summed E-state index contributed by atoms with van der Waals surface area (Å²) in [5, 5.41) is 2.49. The van der Waals surface area contributed by atoms with Gasteiger partial charge in [0.05, 0.1) is 17.0 Å². The maximum Gasteiger partial charge on any atom is 0.297 e. The van der Waals surface area contributed by atoms with Crippen LogP contribution in [-0.2, 0) is 10.8 Å². The molecule has 10 rings (SSSR count). The van der Waals surface area contributed by atoms with Crippen LogP contribution in [0.25, 0.3) is 21.9 Å². The molecule has 0 bridgehead atoms. The quantitative estimate of drug-likeness (QED) is 0.172. The van der Waals surface area contributed by atoms with Crippen LogP contribution in [-0.4, -0.2) is 6.71 Å². The van der Waals surface area contributed by atoms with Gasteiger partial charge in [0.25, 0.3) is 6.71 Å². The van der Waals surface area contributed by atoms with Crippen LogP contribution in [0.4, 0.5) is 34.1 Å². The minimum Gasteiger partial charge on any atom is -0.472 e. The molecule has 0 amide bonds. The molecule has 0 N–H and O–H groups in total. The van der Waals surface area contributed by atoms with Crippen LogP contribution >= 0.6 is 0 Å². The zero-order valence-corrected chi connectivity index (χ0v) is 31.8. The Hall–Kier alpha value is -5.48. The van der Waals surface area contributed by atoms with Crippen molar-refractivity contribution in [2.45, 2.75) is 72.1 Å². The number of aryl methyl sites for hydroxylation is 3. The van der Waals surface area contributed by atoms with Gasteiger partial charge in [0.2, 0.25) is 0 Å². The van der Waals surface area contributed by atoms with Crippen LogP contribution < -0.4 is 26.4 Å². The average molecular weight is 689 g/mol. The topological polar surface area (TPSA) is 19.6 Å². The van der Waals surface area contributed by atoms with E-state index in [9.17, 15) is 0 Å². The number of benzene rings is 6. The van der Waals surface area contributed by atoms with E-state index in [1.54, 1.807) is 0 Å². The van der Waals surface area contributed by atoms with Gasteiger partial charge in [0, 0.05) is 39.1 Å². The highest BCUT2D eigenvalue weighted by Gasteiger charge is 2.52. The minimum absolute atomic E-state index is 0.0458. The Morgan fingerprint density at radius 3 is 1.96 bits per heavy atom. The van der Waals surface area contributed by atoms with E-state index in [0.717, 1.165) is 24.3 Å². The third-order valence-electron chi connectivity index (χ3n) is 12.4. The van der Waals surface area contributed by atoms with E-state index in [1.165, 1.54) is 89.2 Å². The van der Waals surface area contributed by atoms with Gasteiger partial charge >= 0.3 is 0 Å². The Balaban J connectivity index is 1.35. The molecule has 0 saturated heterocycles. The fourth-order valence-corrected chi connectivity index (χ4v) is 9.61. The summed E-state index contributed by atoms with van der Waals surface area (Å²) in [4.78, 5) is 5.10. The summed E-state index contributed by atoms with van der Waals surface area (Å²) in [5.41, 5.74) is 18.4. The molecule has 4 heteroatoms. The van der Waals surface area contributed by atoms with Crippen molar-refractivity contribution in [3.8, 4) is 11.1 Å². The maximum atomic E-state index is 7.51. The van der Waals surface area contributed by atoms with E-state index in [1.807, 2.05) is 0 Å². The van der Waals surface area contributed by atoms with E-state index >= 15 is 0 Å². The van der Waals surface area contributed by atoms with E-state index in [0.29, 0.717) is 0 Å². The monoisotopic (exact) mass is 688 g/mol. The highest BCUT2D eigenvalue weighted by Crippen LogP contribution is 2.55. The largest absolute Gasteiger partial charge is 0.472 e. The molecule has 3 nitrogen and oxygen atoms in total. The molecule has 0 unspecified atom stereocenters. The lowest BCUT2D eigenvalue weighted by molar-refractivity contribution is 0.282. The summed E-state index contributed by atoms with van der Waals surface area (Å²) >= 11 is 0. The van der Waals surface area contributed by atoms with Crippen molar-refractivity contribution in [3.05, 3.63) is 149 Å². The molecule has 3 heterocycles. The first-order valence-corrected chi connectivity index (χ1v) is 19.2. The summed E-state index contributed by atoms with van der Waals surface area (Å²) in [5.74, 6) is 1.15. The number of furan rings is 1. The van der Waals surface area contributed by atoms with Gasteiger partial charge in [-0.1, -0.05) is 124 Å². The maximum absolute atomic E-state index is 7.51. The highest BCUT2D eigenvalue weighted by molar-refractivity contribution is 6.99. The molecule has 1 aromatic heterocycles. The number of fused-ring (bicyclic) bond motifs is 7.